The first-order valence-corrected chi connectivity index (χ1v) is 7.09. The predicted octanol–water partition coefficient (Wildman–Crippen LogP) is 3.19. The van der Waals surface area contributed by atoms with Crippen LogP contribution in [0.25, 0.3) is 0 Å². The lowest BCUT2D eigenvalue weighted by molar-refractivity contribution is 0.507. The summed E-state index contributed by atoms with van der Waals surface area (Å²) >= 11 is 0. The fourth-order valence-corrected chi connectivity index (χ4v) is 2.15. The lowest BCUT2D eigenvalue weighted by Crippen LogP contribution is -2.21. The van der Waals surface area contributed by atoms with E-state index in [1.54, 1.807) is 0 Å². The van der Waals surface area contributed by atoms with Gasteiger partial charge in [0.05, 0.1) is 0 Å². The van der Waals surface area contributed by atoms with Gasteiger partial charge in [-0.25, -0.2) is 0 Å². The molecule has 0 saturated carbocycles. The van der Waals surface area contributed by atoms with E-state index in [9.17, 15) is 0 Å². The van der Waals surface area contributed by atoms with Crippen molar-refractivity contribution in [3.63, 3.8) is 0 Å². The van der Waals surface area contributed by atoms with Crippen LogP contribution in [0.4, 0.5) is 0 Å². The Morgan fingerprint density at radius 2 is 2.05 bits per heavy atom. The molecule has 1 atom stereocenters. The van der Waals surface area contributed by atoms with Crippen LogP contribution in [0.5, 0.6) is 0 Å². The van der Waals surface area contributed by atoms with Crippen molar-refractivity contribution in [1.82, 2.24) is 15.1 Å². The summed E-state index contributed by atoms with van der Waals surface area (Å²) in [5.74, 6) is 0. The molecule has 102 valence electrons. The molecule has 0 saturated heterocycles. The van der Waals surface area contributed by atoms with Crippen molar-refractivity contribution in [2.45, 2.75) is 39.3 Å². The van der Waals surface area contributed by atoms with Gasteiger partial charge < -0.3 is 5.32 Å². The van der Waals surface area contributed by atoms with E-state index in [0.29, 0.717) is 6.04 Å². The standard InChI is InChI=1S/C16H23N3/c1-3-15-6-8-16(9-7-15)14(2)17-10-4-12-19-13-5-11-18-19/h5-9,11,13-14,17H,3-4,10,12H2,1-2H3. The van der Waals surface area contributed by atoms with Crippen LogP contribution in [0, 0.1) is 0 Å². The smallest absolute Gasteiger partial charge is 0.0489 e. The average molecular weight is 257 g/mol. The van der Waals surface area contributed by atoms with Crippen molar-refractivity contribution >= 4 is 0 Å². The molecule has 0 aliphatic rings. The lowest BCUT2D eigenvalue weighted by atomic mass is 10.1. The van der Waals surface area contributed by atoms with Gasteiger partial charge in [0.2, 0.25) is 0 Å². The van der Waals surface area contributed by atoms with Crippen LogP contribution in [0.2, 0.25) is 0 Å². The van der Waals surface area contributed by atoms with Gasteiger partial charge >= 0.3 is 0 Å². The Morgan fingerprint density at radius 3 is 2.68 bits per heavy atom. The van der Waals surface area contributed by atoms with E-state index < -0.39 is 0 Å². The number of hydrogen-bond acceptors (Lipinski definition) is 2. The van der Waals surface area contributed by atoms with Crippen LogP contribution >= 0.6 is 0 Å². The van der Waals surface area contributed by atoms with E-state index in [-0.39, 0.29) is 0 Å². The third kappa shape index (κ3) is 4.21. The zero-order valence-corrected chi connectivity index (χ0v) is 11.8. The minimum absolute atomic E-state index is 0.406. The maximum atomic E-state index is 4.20. The fraction of sp³-hybridized carbons (Fsp3) is 0.438. The molecule has 1 unspecified atom stereocenters. The monoisotopic (exact) mass is 257 g/mol. The Labute approximate surface area is 115 Å². The summed E-state index contributed by atoms with van der Waals surface area (Å²) in [6, 6.07) is 11.3. The Kier molecular flexibility index (Phi) is 5.16. The van der Waals surface area contributed by atoms with E-state index in [0.717, 1.165) is 25.9 Å². The molecule has 19 heavy (non-hydrogen) atoms. The molecule has 2 rings (SSSR count). The molecular formula is C16H23N3. The third-order valence-electron chi connectivity index (χ3n) is 3.46. The zero-order valence-electron chi connectivity index (χ0n) is 11.8. The number of aryl methyl sites for hydroxylation is 2. The number of aromatic nitrogens is 2. The van der Waals surface area contributed by atoms with Crippen LogP contribution in [-0.2, 0) is 13.0 Å². The second kappa shape index (κ2) is 7.10. The van der Waals surface area contributed by atoms with E-state index in [1.165, 1.54) is 11.1 Å². The molecule has 1 heterocycles. The Morgan fingerprint density at radius 1 is 1.26 bits per heavy atom. The van der Waals surface area contributed by atoms with Crippen LogP contribution in [0.3, 0.4) is 0 Å². The van der Waals surface area contributed by atoms with Crippen LogP contribution in [0.1, 0.15) is 37.4 Å². The van der Waals surface area contributed by atoms with Gasteiger partial charge in [0.1, 0.15) is 0 Å². The van der Waals surface area contributed by atoms with Crippen LogP contribution in [0.15, 0.2) is 42.7 Å². The summed E-state index contributed by atoms with van der Waals surface area (Å²) in [5, 5.41) is 7.76. The topological polar surface area (TPSA) is 29.9 Å². The summed E-state index contributed by atoms with van der Waals surface area (Å²) in [6.07, 6.45) is 6.03. The SMILES string of the molecule is CCc1ccc(C(C)NCCCn2cccn2)cc1. The Hall–Kier alpha value is -1.61. The van der Waals surface area contributed by atoms with Crippen molar-refractivity contribution in [3.05, 3.63) is 53.9 Å². The first-order chi connectivity index (χ1) is 9.29. The molecule has 0 bridgehead atoms. The molecule has 3 nitrogen and oxygen atoms in total. The highest BCUT2D eigenvalue weighted by Crippen LogP contribution is 2.13. The molecule has 0 fully saturated rings. The summed E-state index contributed by atoms with van der Waals surface area (Å²) in [6.45, 7) is 6.39. The molecule has 0 amide bonds. The predicted molar refractivity (Wildman–Crippen MR) is 79.1 cm³/mol. The first-order valence-electron chi connectivity index (χ1n) is 7.09. The second-order valence-electron chi connectivity index (χ2n) is 4.89. The molecule has 0 aliphatic carbocycles. The van der Waals surface area contributed by atoms with Crippen molar-refractivity contribution < 1.29 is 0 Å². The first kappa shape index (κ1) is 13.8. The summed E-state index contributed by atoms with van der Waals surface area (Å²) < 4.78 is 1.97. The van der Waals surface area contributed by atoms with E-state index in [2.05, 4.69) is 48.5 Å². The molecule has 1 N–H and O–H groups in total. The van der Waals surface area contributed by atoms with Gasteiger partial charge in [0, 0.05) is 25.0 Å². The van der Waals surface area contributed by atoms with E-state index in [1.807, 2.05) is 23.1 Å². The summed E-state index contributed by atoms with van der Waals surface area (Å²) in [5.41, 5.74) is 2.76. The van der Waals surface area contributed by atoms with Crippen LogP contribution < -0.4 is 5.32 Å². The van der Waals surface area contributed by atoms with Crippen molar-refractivity contribution in [2.75, 3.05) is 6.54 Å². The number of nitrogens with zero attached hydrogens (tertiary/aromatic N) is 2. The summed E-state index contributed by atoms with van der Waals surface area (Å²) in [4.78, 5) is 0. The number of nitrogens with one attached hydrogen (secondary N) is 1. The molecule has 0 spiro atoms. The largest absolute Gasteiger partial charge is 0.310 e. The average Bonchev–Trinajstić information content (AvgIpc) is 2.96. The van der Waals surface area contributed by atoms with Crippen LogP contribution in [-0.4, -0.2) is 16.3 Å². The molecule has 1 aromatic heterocycles. The minimum atomic E-state index is 0.406. The van der Waals surface area contributed by atoms with Crippen molar-refractivity contribution in [1.29, 1.82) is 0 Å². The van der Waals surface area contributed by atoms with Crippen molar-refractivity contribution in [2.24, 2.45) is 0 Å². The molecule has 1 aromatic carbocycles. The zero-order chi connectivity index (χ0) is 13.5. The van der Waals surface area contributed by atoms with Gasteiger partial charge in [-0.15, -0.1) is 0 Å². The molecule has 3 heteroatoms. The van der Waals surface area contributed by atoms with Crippen molar-refractivity contribution in [3.8, 4) is 0 Å². The number of benzene rings is 1. The minimum Gasteiger partial charge on any atom is -0.310 e. The highest BCUT2D eigenvalue weighted by molar-refractivity contribution is 5.24. The maximum absolute atomic E-state index is 4.20. The second-order valence-corrected chi connectivity index (χ2v) is 4.89. The van der Waals surface area contributed by atoms with Gasteiger partial charge in [0.15, 0.2) is 0 Å². The highest BCUT2D eigenvalue weighted by atomic mass is 15.3. The maximum Gasteiger partial charge on any atom is 0.0489 e. The highest BCUT2D eigenvalue weighted by Gasteiger charge is 2.03. The molecular weight excluding hydrogens is 234 g/mol. The Balaban J connectivity index is 1.72. The quantitative estimate of drug-likeness (QED) is 0.772. The molecule has 2 aromatic rings. The Bertz CT molecular complexity index is 459. The van der Waals surface area contributed by atoms with Gasteiger partial charge in [-0.05, 0) is 43.5 Å². The van der Waals surface area contributed by atoms with Gasteiger partial charge in [-0.1, -0.05) is 31.2 Å². The number of rotatable bonds is 7. The van der Waals surface area contributed by atoms with Gasteiger partial charge in [-0.2, -0.15) is 5.10 Å². The summed E-state index contributed by atoms with van der Waals surface area (Å²) in [7, 11) is 0. The van der Waals surface area contributed by atoms with Gasteiger partial charge in [-0.3, -0.25) is 4.68 Å². The van der Waals surface area contributed by atoms with Gasteiger partial charge in [0.25, 0.3) is 0 Å². The number of hydrogen-bond donors (Lipinski definition) is 1. The molecule has 0 radical (unpaired) electrons. The third-order valence-corrected chi connectivity index (χ3v) is 3.46. The van der Waals surface area contributed by atoms with E-state index in [4.69, 9.17) is 0 Å². The normalized spacial score (nSPS) is 12.5. The lowest BCUT2D eigenvalue weighted by Gasteiger charge is -2.14. The molecule has 0 aliphatic heterocycles. The van der Waals surface area contributed by atoms with E-state index >= 15 is 0 Å². The fourth-order valence-electron chi connectivity index (χ4n) is 2.15.